The molecule has 2 N–H and O–H groups in total. The number of carbonyl (C=O) groups excluding carboxylic acids is 2. The van der Waals surface area contributed by atoms with E-state index in [1.165, 1.54) is 16.9 Å². The predicted octanol–water partition coefficient (Wildman–Crippen LogP) is 6.15. The fourth-order valence-corrected chi connectivity index (χ4v) is 5.71. The van der Waals surface area contributed by atoms with E-state index in [4.69, 9.17) is 27.9 Å². The summed E-state index contributed by atoms with van der Waals surface area (Å²) < 4.78 is 24.6. The number of halogens is 3. The summed E-state index contributed by atoms with van der Waals surface area (Å²) in [4.78, 5) is 29.8. The van der Waals surface area contributed by atoms with E-state index in [0.29, 0.717) is 37.1 Å². The Balaban J connectivity index is 1.77. The Hall–Kier alpha value is -2.87. The van der Waals surface area contributed by atoms with Crippen LogP contribution in [0.3, 0.4) is 0 Å². The Kier molecular flexibility index (Phi) is 12.9. The quantitative estimate of drug-likeness (QED) is 0.0810. The Morgan fingerprint density at radius 2 is 1.89 bits per heavy atom. The first kappa shape index (κ1) is 35.6. The van der Waals surface area contributed by atoms with Crippen LogP contribution >= 0.6 is 23.2 Å². The van der Waals surface area contributed by atoms with Crippen molar-refractivity contribution in [3.63, 3.8) is 0 Å². The van der Waals surface area contributed by atoms with E-state index >= 15 is 4.39 Å². The van der Waals surface area contributed by atoms with Gasteiger partial charge in [-0.1, -0.05) is 31.8 Å². The molecule has 2 amide bonds. The Morgan fingerprint density at radius 3 is 2.50 bits per heavy atom. The van der Waals surface area contributed by atoms with E-state index in [-0.39, 0.29) is 36.3 Å². The third kappa shape index (κ3) is 9.81. The van der Waals surface area contributed by atoms with E-state index < -0.39 is 36.7 Å². The van der Waals surface area contributed by atoms with Crippen molar-refractivity contribution in [1.29, 1.82) is 0 Å². The number of ether oxygens (including phenoxy) is 1. The van der Waals surface area contributed by atoms with Gasteiger partial charge in [-0.2, -0.15) is 9.49 Å². The van der Waals surface area contributed by atoms with Crippen molar-refractivity contribution in [3.05, 3.63) is 41.4 Å². The summed E-state index contributed by atoms with van der Waals surface area (Å²) in [5, 5.41) is 17.7. The summed E-state index contributed by atoms with van der Waals surface area (Å²) in [5.41, 5.74) is 2.63. The third-order valence-corrected chi connectivity index (χ3v) is 9.12. The molecule has 0 aliphatic rings. The van der Waals surface area contributed by atoms with Crippen LogP contribution in [0.2, 0.25) is 25.7 Å². The number of aromatic nitrogens is 6. The van der Waals surface area contributed by atoms with Gasteiger partial charge in [0.25, 0.3) is 5.91 Å². The smallest absolute Gasteiger partial charge is 0.271 e. The number of hydrogen-bond acceptors (Lipinski definition) is 7. The monoisotopic (exact) mass is 668 g/mol. The topological polar surface area (TPSA) is 129 Å². The SMILES string of the molecule is CCc1c(-c2ccc(NC(=O)[C@H](CCCC(Cl)Cl)NC(=O)c3cnnn3C(C)C)nc2F)c(C)nn1COCC[Si](C)(C)C. The molecule has 0 saturated heterocycles. The summed E-state index contributed by atoms with van der Waals surface area (Å²) in [6.07, 6.45) is 3.08. The maximum atomic E-state index is 15.5. The molecule has 11 nitrogen and oxygen atoms in total. The number of alkyl halides is 2. The molecule has 3 aromatic heterocycles. The number of nitrogens with zero attached hydrogens (tertiary/aromatic N) is 6. The van der Waals surface area contributed by atoms with Gasteiger partial charge in [-0.15, -0.1) is 28.3 Å². The molecule has 3 rings (SSSR count). The van der Waals surface area contributed by atoms with Crippen LogP contribution in [0.15, 0.2) is 18.3 Å². The Morgan fingerprint density at radius 1 is 1.16 bits per heavy atom. The molecule has 0 fully saturated rings. The zero-order valence-electron chi connectivity index (χ0n) is 26.5. The summed E-state index contributed by atoms with van der Waals surface area (Å²) in [6, 6.07) is 3.06. The highest BCUT2D eigenvalue weighted by atomic mass is 35.5. The molecule has 15 heteroatoms. The van der Waals surface area contributed by atoms with E-state index in [1.54, 1.807) is 10.7 Å². The van der Waals surface area contributed by atoms with Gasteiger partial charge in [-0.25, -0.2) is 14.3 Å². The zero-order chi connectivity index (χ0) is 32.6. The molecule has 242 valence electrons. The van der Waals surface area contributed by atoms with Gasteiger partial charge in [-0.3, -0.25) is 9.59 Å². The molecule has 0 spiro atoms. The molecule has 0 unspecified atom stereocenters. The average molecular weight is 670 g/mol. The molecular formula is C29H43Cl2FN8O3Si. The van der Waals surface area contributed by atoms with E-state index in [2.05, 4.69) is 50.7 Å². The largest absolute Gasteiger partial charge is 0.360 e. The standard InChI is InChI=1S/C29H43Cl2FN8O3Si/c1-8-22-26(19(4)37-39(22)17-43-14-15-44(5,6)7)20-12-13-25(35-27(20)32)36-28(41)21(10-9-11-24(30)31)34-29(42)23-16-33-38-40(23)18(2)3/h12-13,16,18,21,24H,8-11,14-15,17H2,1-7H3,(H,34,42)(H,35,36,41)/t21-/m0/s1. The number of anilines is 1. The zero-order valence-corrected chi connectivity index (χ0v) is 29.0. The van der Waals surface area contributed by atoms with Crippen LogP contribution in [0.25, 0.3) is 11.1 Å². The molecule has 0 saturated carbocycles. The molecule has 0 radical (unpaired) electrons. The van der Waals surface area contributed by atoms with Crippen molar-refractivity contribution in [2.24, 2.45) is 0 Å². The maximum absolute atomic E-state index is 15.5. The van der Waals surface area contributed by atoms with Gasteiger partial charge >= 0.3 is 0 Å². The molecule has 3 heterocycles. The number of hydrogen-bond donors (Lipinski definition) is 2. The fourth-order valence-electron chi connectivity index (χ4n) is 4.64. The second-order valence-corrected chi connectivity index (χ2v) is 19.0. The maximum Gasteiger partial charge on any atom is 0.271 e. The lowest BCUT2D eigenvalue weighted by atomic mass is 10.0. The van der Waals surface area contributed by atoms with Crippen molar-refractivity contribution in [3.8, 4) is 11.1 Å². The molecule has 1 atom stereocenters. The van der Waals surface area contributed by atoms with Crippen LogP contribution in [0.1, 0.15) is 68.0 Å². The summed E-state index contributed by atoms with van der Waals surface area (Å²) in [6.45, 7) is 15.3. The van der Waals surface area contributed by atoms with Gasteiger partial charge < -0.3 is 15.4 Å². The first-order valence-corrected chi connectivity index (χ1v) is 19.4. The third-order valence-electron chi connectivity index (χ3n) is 6.98. The minimum absolute atomic E-state index is 0.00900. The lowest BCUT2D eigenvalue weighted by Crippen LogP contribution is -2.44. The van der Waals surface area contributed by atoms with Crippen molar-refractivity contribution < 1.29 is 18.7 Å². The van der Waals surface area contributed by atoms with Gasteiger partial charge in [0.15, 0.2) is 0 Å². The summed E-state index contributed by atoms with van der Waals surface area (Å²) >= 11 is 11.7. The Labute approximate surface area is 269 Å². The van der Waals surface area contributed by atoms with Crippen LogP contribution in [0, 0.1) is 12.9 Å². The molecule has 44 heavy (non-hydrogen) atoms. The van der Waals surface area contributed by atoms with E-state index in [0.717, 1.165) is 11.7 Å². The number of nitrogens with one attached hydrogen (secondary N) is 2. The number of aryl methyl sites for hydroxylation is 1. The van der Waals surface area contributed by atoms with Crippen molar-refractivity contribution in [1.82, 2.24) is 35.1 Å². The summed E-state index contributed by atoms with van der Waals surface area (Å²) in [7, 11) is -1.23. The lowest BCUT2D eigenvalue weighted by Gasteiger charge is -2.19. The summed E-state index contributed by atoms with van der Waals surface area (Å²) in [5.74, 6) is -1.82. The van der Waals surface area contributed by atoms with E-state index in [1.807, 2.05) is 27.7 Å². The van der Waals surface area contributed by atoms with Crippen LogP contribution in [0.5, 0.6) is 0 Å². The average Bonchev–Trinajstić information content (AvgIpc) is 3.55. The lowest BCUT2D eigenvalue weighted by molar-refractivity contribution is -0.118. The van der Waals surface area contributed by atoms with Crippen molar-refractivity contribution in [2.45, 2.75) is 103 Å². The minimum Gasteiger partial charge on any atom is -0.360 e. The number of rotatable bonds is 16. The number of amides is 2. The number of pyridine rings is 1. The van der Waals surface area contributed by atoms with Gasteiger partial charge in [-0.05, 0) is 64.6 Å². The second kappa shape index (κ2) is 15.9. The molecule has 0 aromatic carbocycles. The van der Waals surface area contributed by atoms with Crippen LogP contribution in [0.4, 0.5) is 10.2 Å². The molecule has 3 aromatic rings. The Bertz CT molecular complexity index is 1420. The van der Waals surface area contributed by atoms with Gasteiger partial charge in [0, 0.05) is 37.5 Å². The fraction of sp³-hybridized carbons (Fsp3) is 0.586. The van der Waals surface area contributed by atoms with Crippen LogP contribution in [-0.4, -0.2) is 67.1 Å². The highest BCUT2D eigenvalue weighted by Crippen LogP contribution is 2.30. The molecule has 0 aliphatic heterocycles. The molecule has 0 bridgehead atoms. The predicted molar refractivity (Wildman–Crippen MR) is 173 cm³/mol. The molecule has 0 aliphatic carbocycles. The normalized spacial score (nSPS) is 12.6. The highest BCUT2D eigenvalue weighted by molar-refractivity contribution is 6.76. The van der Waals surface area contributed by atoms with Gasteiger partial charge in [0.1, 0.15) is 29.1 Å². The minimum atomic E-state index is -1.23. The van der Waals surface area contributed by atoms with E-state index in [9.17, 15) is 9.59 Å². The highest BCUT2D eigenvalue weighted by Gasteiger charge is 2.26. The van der Waals surface area contributed by atoms with Crippen molar-refractivity contribution >= 4 is 48.9 Å². The first-order valence-electron chi connectivity index (χ1n) is 14.8. The van der Waals surface area contributed by atoms with Crippen LogP contribution < -0.4 is 10.6 Å². The van der Waals surface area contributed by atoms with Crippen molar-refractivity contribution in [2.75, 3.05) is 11.9 Å². The van der Waals surface area contributed by atoms with Gasteiger partial charge in [0.2, 0.25) is 11.9 Å². The second-order valence-electron chi connectivity index (χ2n) is 12.1. The first-order chi connectivity index (χ1) is 20.7. The number of carbonyl (C=O) groups is 2. The van der Waals surface area contributed by atoms with Crippen LogP contribution in [-0.2, 0) is 22.7 Å². The van der Waals surface area contributed by atoms with Gasteiger partial charge in [0.05, 0.1) is 11.9 Å². The molecular weight excluding hydrogens is 626 g/mol.